The van der Waals surface area contributed by atoms with Crippen LogP contribution < -0.4 is 14.8 Å². The fourth-order valence-corrected chi connectivity index (χ4v) is 3.98. The molecule has 1 aliphatic carbocycles. The number of ether oxygens (including phenoxy) is 2. The molecule has 1 amide bonds. The van der Waals surface area contributed by atoms with Crippen molar-refractivity contribution in [2.45, 2.75) is 38.3 Å². The van der Waals surface area contributed by atoms with Crippen molar-refractivity contribution in [3.8, 4) is 11.5 Å². The third-order valence-electron chi connectivity index (χ3n) is 5.40. The molecule has 0 spiro atoms. The SMILES string of the molecule is COc1ccc(NC(=O)c2oc3ccccc3c2CN(C)C)cc1OC1CCCC1. The number of fused-ring (bicyclic) bond motifs is 1. The molecule has 2 aromatic carbocycles. The Labute approximate surface area is 176 Å². The van der Waals surface area contributed by atoms with Crippen LogP contribution >= 0.6 is 0 Å². The van der Waals surface area contributed by atoms with E-state index in [-0.39, 0.29) is 12.0 Å². The van der Waals surface area contributed by atoms with Gasteiger partial charge in [-0.25, -0.2) is 0 Å². The Hall–Kier alpha value is -2.99. The molecule has 4 rings (SSSR count). The molecule has 6 nitrogen and oxygen atoms in total. The van der Waals surface area contributed by atoms with Crippen LogP contribution in [0.2, 0.25) is 0 Å². The highest BCUT2D eigenvalue weighted by Crippen LogP contribution is 2.34. The Kier molecular flexibility index (Phi) is 5.95. The number of hydrogen-bond acceptors (Lipinski definition) is 5. The zero-order chi connectivity index (χ0) is 21.1. The van der Waals surface area contributed by atoms with E-state index in [1.165, 1.54) is 12.8 Å². The lowest BCUT2D eigenvalue weighted by Crippen LogP contribution is -2.17. The molecule has 1 fully saturated rings. The first-order chi connectivity index (χ1) is 14.5. The molecule has 158 valence electrons. The van der Waals surface area contributed by atoms with E-state index >= 15 is 0 Å². The molecule has 1 saturated carbocycles. The molecule has 1 aromatic heterocycles. The summed E-state index contributed by atoms with van der Waals surface area (Å²) >= 11 is 0. The summed E-state index contributed by atoms with van der Waals surface area (Å²) in [5.41, 5.74) is 2.23. The average molecular weight is 408 g/mol. The van der Waals surface area contributed by atoms with Crippen molar-refractivity contribution in [3.63, 3.8) is 0 Å². The van der Waals surface area contributed by atoms with Gasteiger partial charge in [0.15, 0.2) is 17.3 Å². The lowest BCUT2D eigenvalue weighted by Gasteiger charge is -2.17. The van der Waals surface area contributed by atoms with E-state index in [1.807, 2.05) is 61.5 Å². The van der Waals surface area contributed by atoms with Gasteiger partial charge in [0.25, 0.3) is 5.91 Å². The molecule has 1 aliphatic rings. The van der Waals surface area contributed by atoms with Gasteiger partial charge in [-0.2, -0.15) is 0 Å². The number of anilines is 1. The van der Waals surface area contributed by atoms with Gasteiger partial charge in [-0.05, 0) is 58.0 Å². The van der Waals surface area contributed by atoms with E-state index in [2.05, 4.69) is 5.32 Å². The van der Waals surface area contributed by atoms with E-state index in [4.69, 9.17) is 13.9 Å². The molecule has 0 aliphatic heterocycles. The van der Waals surface area contributed by atoms with Crippen LogP contribution in [0, 0.1) is 0 Å². The van der Waals surface area contributed by atoms with Gasteiger partial charge >= 0.3 is 0 Å². The fourth-order valence-electron chi connectivity index (χ4n) is 3.98. The highest BCUT2D eigenvalue weighted by atomic mass is 16.5. The summed E-state index contributed by atoms with van der Waals surface area (Å²) in [5, 5.41) is 3.92. The van der Waals surface area contributed by atoms with E-state index < -0.39 is 0 Å². The number of benzene rings is 2. The highest BCUT2D eigenvalue weighted by Gasteiger charge is 2.22. The van der Waals surface area contributed by atoms with Crippen molar-refractivity contribution >= 4 is 22.6 Å². The number of nitrogens with one attached hydrogen (secondary N) is 1. The molecule has 1 heterocycles. The van der Waals surface area contributed by atoms with Crippen molar-refractivity contribution in [3.05, 3.63) is 53.8 Å². The summed E-state index contributed by atoms with van der Waals surface area (Å²) < 4.78 is 17.5. The first kappa shape index (κ1) is 20.3. The fraction of sp³-hybridized carbons (Fsp3) is 0.375. The van der Waals surface area contributed by atoms with Gasteiger partial charge in [-0.15, -0.1) is 0 Å². The number of rotatable bonds is 7. The van der Waals surface area contributed by atoms with Crippen molar-refractivity contribution in [1.82, 2.24) is 4.90 Å². The Bertz CT molecular complexity index is 1030. The molecular weight excluding hydrogens is 380 g/mol. The van der Waals surface area contributed by atoms with Crippen LogP contribution in [-0.2, 0) is 6.54 Å². The second-order valence-corrected chi connectivity index (χ2v) is 7.99. The molecule has 1 N–H and O–H groups in total. The summed E-state index contributed by atoms with van der Waals surface area (Å²) in [6.45, 7) is 0.610. The summed E-state index contributed by atoms with van der Waals surface area (Å²) in [6.07, 6.45) is 4.67. The predicted molar refractivity (Wildman–Crippen MR) is 117 cm³/mol. The van der Waals surface area contributed by atoms with E-state index in [9.17, 15) is 4.79 Å². The molecule has 0 atom stereocenters. The van der Waals surface area contributed by atoms with Crippen LogP contribution in [0.1, 0.15) is 41.8 Å². The maximum Gasteiger partial charge on any atom is 0.291 e. The average Bonchev–Trinajstić information content (AvgIpc) is 3.36. The lowest BCUT2D eigenvalue weighted by atomic mass is 10.1. The smallest absolute Gasteiger partial charge is 0.291 e. The van der Waals surface area contributed by atoms with Crippen molar-refractivity contribution in [2.75, 3.05) is 26.5 Å². The Morgan fingerprint density at radius 2 is 1.90 bits per heavy atom. The van der Waals surface area contributed by atoms with Crippen LogP contribution in [-0.4, -0.2) is 38.1 Å². The maximum atomic E-state index is 13.1. The second-order valence-electron chi connectivity index (χ2n) is 7.99. The lowest BCUT2D eigenvalue weighted by molar-refractivity contribution is 0.0996. The monoisotopic (exact) mass is 408 g/mol. The number of carbonyl (C=O) groups is 1. The first-order valence-electron chi connectivity index (χ1n) is 10.4. The normalized spacial score (nSPS) is 14.4. The van der Waals surface area contributed by atoms with E-state index in [0.29, 0.717) is 35.1 Å². The quantitative estimate of drug-likeness (QED) is 0.591. The van der Waals surface area contributed by atoms with Crippen molar-refractivity contribution in [1.29, 1.82) is 0 Å². The predicted octanol–water partition coefficient (Wildman–Crippen LogP) is 5.08. The summed E-state index contributed by atoms with van der Waals surface area (Å²) in [6, 6.07) is 13.2. The van der Waals surface area contributed by atoms with Gasteiger partial charge in [0.2, 0.25) is 0 Å². The third-order valence-corrected chi connectivity index (χ3v) is 5.40. The Morgan fingerprint density at radius 3 is 2.63 bits per heavy atom. The topological polar surface area (TPSA) is 63.9 Å². The zero-order valence-electron chi connectivity index (χ0n) is 17.7. The number of para-hydroxylation sites is 1. The van der Waals surface area contributed by atoms with Gasteiger partial charge in [0, 0.05) is 29.2 Å². The van der Waals surface area contributed by atoms with E-state index in [0.717, 1.165) is 23.8 Å². The van der Waals surface area contributed by atoms with Crippen LogP contribution in [0.15, 0.2) is 46.9 Å². The van der Waals surface area contributed by atoms with E-state index in [1.54, 1.807) is 7.11 Å². The highest BCUT2D eigenvalue weighted by molar-refractivity contribution is 6.06. The Balaban J connectivity index is 1.60. The minimum atomic E-state index is -0.278. The minimum Gasteiger partial charge on any atom is -0.493 e. The van der Waals surface area contributed by atoms with Crippen LogP contribution in [0.5, 0.6) is 11.5 Å². The maximum absolute atomic E-state index is 13.1. The van der Waals surface area contributed by atoms with Crippen LogP contribution in [0.3, 0.4) is 0 Å². The number of hydrogen-bond donors (Lipinski definition) is 1. The summed E-state index contributed by atoms with van der Waals surface area (Å²) in [7, 11) is 5.57. The first-order valence-corrected chi connectivity index (χ1v) is 10.4. The van der Waals surface area contributed by atoms with Gasteiger partial charge < -0.3 is 24.1 Å². The van der Waals surface area contributed by atoms with Crippen molar-refractivity contribution in [2.24, 2.45) is 0 Å². The van der Waals surface area contributed by atoms with Gasteiger partial charge in [0.05, 0.1) is 13.2 Å². The zero-order valence-corrected chi connectivity index (χ0v) is 17.7. The number of nitrogens with zero attached hydrogens (tertiary/aromatic N) is 1. The molecule has 30 heavy (non-hydrogen) atoms. The van der Waals surface area contributed by atoms with Gasteiger partial charge in [0.1, 0.15) is 5.58 Å². The minimum absolute atomic E-state index is 0.201. The van der Waals surface area contributed by atoms with Crippen LogP contribution in [0.4, 0.5) is 5.69 Å². The summed E-state index contributed by atoms with van der Waals surface area (Å²) in [4.78, 5) is 15.1. The Morgan fingerprint density at radius 1 is 1.13 bits per heavy atom. The summed E-state index contributed by atoms with van der Waals surface area (Å²) in [5.74, 6) is 1.37. The largest absolute Gasteiger partial charge is 0.493 e. The van der Waals surface area contributed by atoms with Gasteiger partial charge in [-0.1, -0.05) is 18.2 Å². The number of amides is 1. The number of methoxy groups -OCH3 is 1. The van der Waals surface area contributed by atoms with Crippen molar-refractivity contribution < 1.29 is 18.7 Å². The van der Waals surface area contributed by atoms with Gasteiger partial charge in [-0.3, -0.25) is 4.79 Å². The number of furan rings is 1. The molecule has 0 radical (unpaired) electrons. The molecular formula is C24H28N2O4. The van der Waals surface area contributed by atoms with Crippen LogP contribution in [0.25, 0.3) is 11.0 Å². The molecule has 0 unspecified atom stereocenters. The second kappa shape index (κ2) is 8.79. The standard InChI is InChI=1S/C24H28N2O4/c1-26(2)15-19-18-10-6-7-11-20(18)30-23(19)24(27)25-16-12-13-21(28-3)22(14-16)29-17-8-4-5-9-17/h6-7,10-14,17H,4-5,8-9,15H2,1-3H3,(H,25,27). The molecule has 0 saturated heterocycles. The molecule has 0 bridgehead atoms. The molecule has 3 aromatic rings. The molecule has 6 heteroatoms. The third kappa shape index (κ3) is 4.28. The number of carbonyl (C=O) groups excluding carboxylic acids is 1.